The zero-order valence-corrected chi connectivity index (χ0v) is 19.0. The fourth-order valence-electron chi connectivity index (χ4n) is 4.50. The summed E-state index contributed by atoms with van der Waals surface area (Å²) in [5.74, 6) is 0.733. The Balaban J connectivity index is 1.21. The molecule has 6 rings (SSSR count). The smallest absolute Gasteiger partial charge is 0.277 e. The molecule has 1 aliphatic rings. The summed E-state index contributed by atoms with van der Waals surface area (Å²) in [4.78, 5) is 40.4. The average molecular weight is 473 g/mol. The summed E-state index contributed by atoms with van der Waals surface area (Å²) in [6, 6.07) is 17.2. The van der Waals surface area contributed by atoms with Crippen molar-refractivity contribution in [2.45, 2.75) is 25.8 Å². The largest absolute Gasteiger partial charge is 0.342 e. The molecule has 0 saturated carbocycles. The summed E-state index contributed by atoms with van der Waals surface area (Å²) < 4.78 is 1.47. The van der Waals surface area contributed by atoms with Crippen molar-refractivity contribution in [2.24, 2.45) is 0 Å². The van der Waals surface area contributed by atoms with Crippen LogP contribution in [-0.2, 0) is 24.2 Å². The first kappa shape index (κ1) is 20.7. The van der Waals surface area contributed by atoms with E-state index in [1.165, 1.54) is 4.52 Å². The molecule has 2 aromatic carbocycles. The van der Waals surface area contributed by atoms with Crippen LogP contribution in [0.3, 0.4) is 0 Å². The number of aryl methyl sites for hydroxylation is 1. The molecule has 0 fully saturated rings. The molecule has 0 aliphatic carbocycles. The van der Waals surface area contributed by atoms with Crippen molar-refractivity contribution in [1.82, 2.24) is 29.5 Å². The van der Waals surface area contributed by atoms with Gasteiger partial charge < -0.3 is 9.88 Å². The second-order valence-corrected chi connectivity index (χ2v) is 8.92. The normalized spacial score (nSPS) is 13.5. The highest BCUT2D eigenvalue weighted by atomic mass is 35.5. The minimum atomic E-state index is -0.158. The van der Waals surface area contributed by atoms with Gasteiger partial charge in [-0.25, -0.2) is 14.5 Å². The van der Waals surface area contributed by atoms with Crippen molar-refractivity contribution in [3.05, 3.63) is 87.1 Å². The van der Waals surface area contributed by atoms with Gasteiger partial charge in [0, 0.05) is 36.9 Å². The average Bonchev–Trinajstić information content (AvgIpc) is 3.47. The standard InChI is InChI=1S/C25H21ClN6O2/c26-16-6-7-19-21(12-16)28-22(27-19)8-9-24(33)31-11-10-18-17(14-31)25(34)32-23(29-18)13-20(30-32)15-4-2-1-3-5-15/h1-7,12-13,30H,8-11,14H2,(H,27,28). The number of nitrogens with one attached hydrogen (secondary N) is 2. The Morgan fingerprint density at radius 2 is 1.94 bits per heavy atom. The van der Waals surface area contributed by atoms with Crippen LogP contribution in [0.1, 0.15) is 23.5 Å². The Bertz CT molecular complexity index is 1600. The molecule has 5 aromatic rings. The zero-order chi connectivity index (χ0) is 23.2. The summed E-state index contributed by atoms with van der Waals surface area (Å²) >= 11 is 6.04. The summed E-state index contributed by atoms with van der Waals surface area (Å²) in [5, 5.41) is 3.79. The van der Waals surface area contributed by atoms with Gasteiger partial charge in [0.05, 0.1) is 34.5 Å². The predicted octanol–water partition coefficient (Wildman–Crippen LogP) is 3.74. The fourth-order valence-corrected chi connectivity index (χ4v) is 4.67. The summed E-state index contributed by atoms with van der Waals surface area (Å²) in [5.41, 5.74) is 5.25. The SMILES string of the molecule is O=C(CCc1nc2ccc(Cl)cc2[nH]1)N1CCc2nc3cc(-c4ccccc4)[nH]n3c(=O)c2C1. The molecule has 34 heavy (non-hydrogen) atoms. The van der Waals surface area contributed by atoms with E-state index in [9.17, 15) is 9.59 Å². The molecule has 1 aliphatic heterocycles. The van der Waals surface area contributed by atoms with E-state index >= 15 is 0 Å². The summed E-state index contributed by atoms with van der Waals surface area (Å²) in [6.45, 7) is 0.804. The number of imidazole rings is 1. The number of halogens is 1. The molecule has 0 atom stereocenters. The maximum absolute atomic E-state index is 13.2. The van der Waals surface area contributed by atoms with E-state index in [2.05, 4.69) is 15.1 Å². The molecule has 0 spiro atoms. The van der Waals surface area contributed by atoms with Gasteiger partial charge in [0.2, 0.25) is 5.91 Å². The predicted molar refractivity (Wildman–Crippen MR) is 130 cm³/mol. The molecule has 0 bridgehead atoms. The summed E-state index contributed by atoms with van der Waals surface area (Å²) in [7, 11) is 0. The molecule has 1 amide bonds. The zero-order valence-electron chi connectivity index (χ0n) is 18.2. The molecule has 2 N–H and O–H groups in total. The molecule has 170 valence electrons. The van der Waals surface area contributed by atoms with E-state index < -0.39 is 0 Å². The van der Waals surface area contributed by atoms with Crippen molar-refractivity contribution >= 4 is 34.2 Å². The highest BCUT2D eigenvalue weighted by Gasteiger charge is 2.25. The van der Waals surface area contributed by atoms with Gasteiger partial charge in [-0.1, -0.05) is 41.9 Å². The van der Waals surface area contributed by atoms with E-state index in [4.69, 9.17) is 16.6 Å². The number of H-pyrrole nitrogens is 2. The lowest BCUT2D eigenvalue weighted by atomic mass is 10.1. The number of aromatic nitrogens is 5. The second-order valence-electron chi connectivity index (χ2n) is 8.48. The Morgan fingerprint density at radius 1 is 1.09 bits per heavy atom. The van der Waals surface area contributed by atoms with Crippen LogP contribution in [0.2, 0.25) is 5.02 Å². The van der Waals surface area contributed by atoms with Gasteiger partial charge in [-0.05, 0) is 23.8 Å². The molecule has 9 heteroatoms. The van der Waals surface area contributed by atoms with Crippen molar-refractivity contribution in [3.8, 4) is 11.3 Å². The molecular formula is C25H21ClN6O2. The molecule has 4 heterocycles. The molecule has 0 unspecified atom stereocenters. The van der Waals surface area contributed by atoms with Crippen LogP contribution in [0.5, 0.6) is 0 Å². The number of carbonyl (C=O) groups excluding carboxylic acids is 1. The Morgan fingerprint density at radius 3 is 2.79 bits per heavy atom. The van der Waals surface area contributed by atoms with E-state index in [1.807, 2.05) is 48.5 Å². The highest BCUT2D eigenvalue weighted by molar-refractivity contribution is 6.31. The topological polar surface area (TPSA) is 99.2 Å². The van der Waals surface area contributed by atoms with Crippen LogP contribution in [-0.4, -0.2) is 41.9 Å². The Kier molecular flexibility index (Phi) is 4.95. The van der Waals surface area contributed by atoms with Crippen molar-refractivity contribution in [3.63, 3.8) is 0 Å². The van der Waals surface area contributed by atoms with E-state index in [0.717, 1.165) is 33.8 Å². The Hall–Kier alpha value is -3.91. The lowest BCUT2D eigenvalue weighted by molar-refractivity contribution is -0.132. The molecule has 0 radical (unpaired) electrons. The van der Waals surface area contributed by atoms with Crippen LogP contribution in [0.4, 0.5) is 0 Å². The number of nitrogens with zero attached hydrogens (tertiary/aromatic N) is 4. The van der Waals surface area contributed by atoms with Gasteiger partial charge in [0.1, 0.15) is 5.82 Å². The first-order valence-electron chi connectivity index (χ1n) is 11.2. The lowest BCUT2D eigenvalue weighted by Crippen LogP contribution is -2.40. The van der Waals surface area contributed by atoms with E-state index in [-0.39, 0.29) is 18.0 Å². The van der Waals surface area contributed by atoms with Gasteiger partial charge in [-0.2, -0.15) is 0 Å². The number of hydrogen-bond acceptors (Lipinski definition) is 4. The molecule has 3 aromatic heterocycles. The number of rotatable bonds is 4. The van der Waals surface area contributed by atoms with Crippen LogP contribution in [0.15, 0.2) is 59.4 Å². The van der Waals surface area contributed by atoms with Crippen molar-refractivity contribution in [2.75, 3.05) is 6.54 Å². The number of benzene rings is 2. The third kappa shape index (κ3) is 3.66. The quantitative estimate of drug-likeness (QED) is 0.416. The van der Waals surface area contributed by atoms with Crippen LogP contribution < -0.4 is 5.56 Å². The second kappa shape index (κ2) is 8.14. The van der Waals surface area contributed by atoms with Crippen molar-refractivity contribution < 1.29 is 4.79 Å². The third-order valence-electron chi connectivity index (χ3n) is 6.27. The maximum atomic E-state index is 13.2. The minimum Gasteiger partial charge on any atom is -0.342 e. The van der Waals surface area contributed by atoms with Crippen molar-refractivity contribution in [1.29, 1.82) is 0 Å². The number of carbonyl (C=O) groups is 1. The fraction of sp³-hybridized carbons (Fsp3) is 0.200. The molecule has 8 nitrogen and oxygen atoms in total. The first-order chi connectivity index (χ1) is 16.5. The van der Waals surface area contributed by atoms with Gasteiger partial charge in [-0.15, -0.1) is 0 Å². The maximum Gasteiger partial charge on any atom is 0.277 e. The molecular weight excluding hydrogens is 452 g/mol. The van der Waals surface area contributed by atoms with Crippen LogP contribution in [0.25, 0.3) is 27.9 Å². The van der Waals surface area contributed by atoms with Gasteiger partial charge >= 0.3 is 0 Å². The monoisotopic (exact) mass is 472 g/mol. The third-order valence-corrected chi connectivity index (χ3v) is 6.50. The van der Waals surface area contributed by atoms with Crippen LogP contribution in [0, 0.1) is 0 Å². The van der Waals surface area contributed by atoms with Crippen LogP contribution >= 0.6 is 11.6 Å². The number of fused-ring (bicyclic) bond motifs is 3. The summed E-state index contributed by atoms with van der Waals surface area (Å²) in [6.07, 6.45) is 1.35. The minimum absolute atomic E-state index is 0.00917. The van der Waals surface area contributed by atoms with Gasteiger partial charge in [-0.3, -0.25) is 14.7 Å². The number of amides is 1. The van der Waals surface area contributed by atoms with E-state index in [1.54, 1.807) is 11.0 Å². The highest BCUT2D eigenvalue weighted by Crippen LogP contribution is 2.21. The number of aromatic amines is 2. The van der Waals surface area contributed by atoms with Gasteiger partial charge in [0.15, 0.2) is 5.65 Å². The number of hydrogen-bond donors (Lipinski definition) is 2. The lowest BCUT2D eigenvalue weighted by Gasteiger charge is -2.27. The van der Waals surface area contributed by atoms with Gasteiger partial charge in [0.25, 0.3) is 5.56 Å². The molecule has 0 saturated heterocycles. The first-order valence-corrected chi connectivity index (χ1v) is 11.5. The van der Waals surface area contributed by atoms with E-state index in [0.29, 0.717) is 42.0 Å². The Labute approximate surface area is 199 Å².